The van der Waals surface area contributed by atoms with Crippen molar-refractivity contribution in [3.05, 3.63) is 23.8 Å². The molecule has 0 heterocycles. The van der Waals surface area contributed by atoms with Gasteiger partial charge in [-0.25, -0.2) is 0 Å². The molecule has 0 radical (unpaired) electrons. The highest BCUT2D eigenvalue weighted by Crippen LogP contribution is 2.19. The van der Waals surface area contributed by atoms with E-state index in [0.29, 0.717) is 17.8 Å². The van der Waals surface area contributed by atoms with Crippen LogP contribution < -0.4 is 10.6 Å². The molecule has 1 rings (SSSR count). The Morgan fingerprint density at radius 1 is 1.57 bits per heavy atom. The molecule has 3 N–H and O–H groups in total. The lowest BCUT2D eigenvalue weighted by atomic mass is 10.1. The Labute approximate surface area is 83.2 Å². The second kappa shape index (κ2) is 4.49. The third-order valence-corrected chi connectivity index (χ3v) is 2.03. The van der Waals surface area contributed by atoms with Crippen LogP contribution in [0.3, 0.4) is 0 Å². The summed E-state index contributed by atoms with van der Waals surface area (Å²) in [6, 6.07) is 7.22. The van der Waals surface area contributed by atoms with Crippen LogP contribution in [0.15, 0.2) is 18.2 Å². The first kappa shape index (κ1) is 10.4. The van der Waals surface area contributed by atoms with E-state index in [1.165, 1.54) is 0 Å². The molecule has 0 spiro atoms. The quantitative estimate of drug-likeness (QED) is 0.685. The summed E-state index contributed by atoms with van der Waals surface area (Å²) >= 11 is 0. The van der Waals surface area contributed by atoms with Gasteiger partial charge >= 0.3 is 0 Å². The third kappa shape index (κ3) is 2.15. The van der Waals surface area contributed by atoms with Crippen LogP contribution in [0.2, 0.25) is 0 Å². The molecular formula is C10H13N3O. The van der Waals surface area contributed by atoms with Crippen LogP contribution >= 0.6 is 0 Å². The predicted octanol–water partition coefficient (Wildman–Crippen LogP) is 0.569. The van der Waals surface area contributed by atoms with E-state index in [-0.39, 0.29) is 6.61 Å². The molecule has 0 saturated heterocycles. The van der Waals surface area contributed by atoms with Crippen LogP contribution in [0.4, 0.5) is 11.4 Å². The minimum absolute atomic E-state index is 0.0937. The maximum atomic E-state index is 8.74. The number of nitrogens with two attached hydrogens (primary N) is 1. The monoisotopic (exact) mass is 191 g/mol. The highest BCUT2D eigenvalue weighted by Gasteiger charge is 2.03. The predicted molar refractivity (Wildman–Crippen MR) is 55.9 cm³/mol. The van der Waals surface area contributed by atoms with Gasteiger partial charge in [0.2, 0.25) is 0 Å². The van der Waals surface area contributed by atoms with Crippen molar-refractivity contribution in [1.82, 2.24) is 0 Å². The van der Waals surface area contributed by atoms with Gasteiger partial charge in [0.05, 0.1) is 17.9 Å². The molecule has 0 aliphatic heterocycles. The van der Waals surface area contributed by atoms with Gasteiger partial charge in [-0.2, -0.15) is 5.26 Å². The van der Waals surface area contributed by atoms with Gasteiger partial charge in [0, 0.05) is 19.3 Å². The van der Waals surface area contributed by atoms with Gasteiger partial charge in [-0.3, -0.25) is 0 Å². The topological polar surface area (TPSA) is 73.3 Å². The van der Waals surface area contributed by atoms with Crippen LogP contribution in [0.5, 0.6) is 0 Å². The van der Waals surface area contributed by atoms with Crippen LogP contribution in [-0.4, -0.2) is 25.3 Å². The van der Waals surface area contributed by atoms with E-state index in [0.717, 1.165) is 5.69 Å². The average molecular weight is 191 g/mol. The summed E-state index contributed by atoms with van der Waals surface area (Å²) in [5.74, 6) is 0. The number of benzene rings is 1. The molecule has 0 aromatic heterocycles. The number of aliphatic hydroxyl groups is 1. The fourth-order valence-corrected chi connectivity index (χ4v) is 1.17. The number of likely N-dealkylation sites (N-methyl/N-ethyl adjacent to an activating group) is 1. The van der Waals surface area contributed by atoms with Crippen molar-refractivity contribution in [2.75, 3.05) is 30.8 Å². The fraction of sp³-hybridized carbons (Fsp3) is 0.300. The number of aliphatic hydroxyl groups excluding tert-OH is 1. The minimum atomic E-state index is 0.0937. The van der Waals surface area contributed by atoms with Crippen LogP contribution in [0.25, 0.3) is 0 Å². The van der Waals surface area contributed by atoms with E-state index >= 15 is 0 Å². The average Bonchev–Trinajstić information content (AvgIpc) is 2.18. The highest BCUT2D eigenvalue weighted by molar-refractivity contribution is 5.63. The summed E-state index contributed by atoms with van der Waals surface area (Å²) in [5, 5.41) is 17.4. The van der Waals surface area contributed by atoms with Crippen molar-refractivity contribution < 1.29 is 5.11 Å². The van der Waals surface area contributed by atoms with Crippen LogP contribution in [-0.2, 0) is 0 Å². The SMILES string of the molecule is CN(CCO)c1ccc(C#N)c(N)c1. The number of hydrogen-bond acceptors (Lipinski definition) is 4. The molecule has 0 fully saturated rings. The molecule has 0 unspecified atom stereocenters. The molecule has 0 amide bonds. The summed E-state index contributed by atoms with van der Waals surface area (Å²) < 4.78 is 0. The largest absolute Gasteiger partial charge is 0.398 e. The number of hydrogen-bond donors (Lipinski definition) is 2. The minimum Gasteiger partial charge on any atom is -0.398 e. The number of nitrogens with zero attached hydrogens (tertiary/aromatic N) is 2. The first-order valence-corrected chi connectivity index (χ1v) is 4.30. The maximum Gasteiger partial charge on any atom is 0.101 e. The molecule has 14 heavy (non-hydrogen) atoms. The highest BCUT2D eigenvalue weighted by atomic mass is 16.3. The van der Waals surface area contributed by atoms with E-state index < -0.39 is 0 Å². The second-order valence-corrected chi connectivity index (χ2v) is 3.03. The Morgan fingerprint density at radius 2 is 2.29 bits per heavy atom. The molecule has 0 aliphatic rings. The smallest absolute Gasteiger partial charge is 0.101 e. The fourth-order valence-electron chi connectivity index (χ4n) is 1.17. The lowest BCUT2D eigenvalue weighted by Crippen LogP contribution is -2.21. The summed E-state index contributed by atoms with van der Waals surface area (Å²) in [7, 11) is 1.86. The van der Waals surface area contributed by atoms with Gasteiger partial charge in [0.1, 0.15) is 6.07 Å². The Bertz CT molecular complexity index is 357. The molecule has 1 aromatic carbocycles. The van der Waals surface area contributed by atoms with Gasteiger partial charge in [-0.1, -0.05) is 0 Å². The first-order valence-electron chi connectivity index (χ1n) is 4.30. The van der Waals surface area contributed by atoms with Gasteiger partial charge in [0.25, 0.3) is 0 Å². The summed E-state index contributed by atoms with van der Waals surface area (Å²) in [4.78, 5) is 1.87. The lowest BCUT2D eigenvalue weighted by molar-refractivity contribution is 0.304. The molecule has 74 valence electrons. The van der Waals surface area contributed by atoms with Crippen molar-refractivity contribution in [2.24, 2.45) is 0 Å². The summed E-state index contributed by atoms with van der Waals surface area (Å²) in [5.41, 5.74) is 7.50. The van der Waals surface area contributed by atoms with E-state index in [1.807, 2.05) is 24.1 Å². The van der Waals surface area contributed by atoms with Crippen LogP contribution in [0, 0.1) is 11.3 Å². The van der Waals surface area contributed by atoms with E-state index in [2.05, 4.69) is 0 Å². The Morgan fingerprint density at radius 3 is 2.79 bits per heavy atom. The molecule has 0 atom stereocenters. The molecule has 0 saturated carbocycles. The Balaban J connectivity index is 2.92. The number of anilines is 2. The number of nitriles is 1. The Kier molecular flexibility index (Phi) is 3.32. The zero-order valence-corrected chi connectivity index (χ0v) is 8.07. The van der Waals surface area contributed by atoms with E-state index in [1.54, 1.807) is 12.1 Å². The molecular weight excluding hydrogens is 178 g/mol. The van der Waals surface area contributed by atoms with E-state index in [4.69, 9.17) is 16.1 Å². The van der Waals surface area contributed by atoms with Crippen LogP contribution in [0.1, 0.15) is 5.56 Å². The maximum absolute atomic E-state index is 8.74. The normalized spacial score (nSPS) is 9.50. The first-order chi connectivity index (χ1) is 6.69. The molecule has 0 aliphatic carbocycles. The van der Waals surface area contributed by atoms with Crippen molar-refractivity contribution in [1.29, 1.82) is 5.26 Å². The molecule has 0 bridgehead atoms. The van der Waals surface area contributed by atoms with Crippen molar-refractivity contribution >= 4 is 11.4 Å². The van der Waals surface area contributed by atoms with E-state index in [9.17, 15) is 0 Å². The van der Waals surface area contributed by atoms with Gasteiger partial charge < -0.3 is 15.7 Å². The zero-order chi connectivity index (χ0) is 10.6. The van der Waals surface area contributed by atoms with Gasteiger partial charge in [-0.15, -0.1) is 0 Å². The zero-order valence-electron chi connectivity index (χ0n) is 8.07. The molecule has 1 aromatic rings. The van der Waals surface area contributed by atoms with Crippen molar-refractivity contribution in [3.8, 4) is 6.07 Å². The van der Waals surface area contributed by atoms with Crippen molar-refractivity contribution in [3.63, 3.8) is 0 Å². The van der Waals surface area contributed by atoms with Gasteiger partial charge in [0.15, 0.2) is 0 Å². The van der Waals surface area contributed by atoms with Crippen molar-refractivity contribution in [2.45, 2.75) is 0 Å². The number of rotatable bonds is 3. The lowest BCUT2D eigenvalue weighted by Gasteiger charge is -2.18. The Hall–Kier alpha value is -1.73. The standard InChI is InChI=1S/C10H13N3O/c1-13(4-5-14)9-3-2-8(7-11)10(12)6-9/h2-3,6,14H,4-5,12H2,1H3. The summed E-state index contributed by atoms with van der Waals surface area (Å²) in [6.45, 7) is 0.641. The molecule has 4 heteroatoms. The molecule has 4 nitrogen and oxygen atoms in total. The summed E-state index contributed by atoms with van der Waals surface area (Å²) in [6.07, 6.45) is 0. The third-order valence-electron chi connectivity index (χ3n) is 2.03. The number of nitrogen functional groups attached to an aromatic ring is 1. The van der Waals surface area contributed by atoms with Gasteiger partial charge in [-0.05, 0) is 18.2 Å². The second-order valence-electron chi connectivity index (χ2n) is 3.03.